The van der Waals surface area contributed by atoms with Crippen LogP contribution in [-0.2, 0) is 6.42 Å². The van der Waals surface area contributed by atoms with E-state index in [1.807, 2.05) is 0 Å². The molecule has 112 valence electrons. The summed E-state index contributed by atoms with van der Waals surface area (Å²) in [7, 11) is 0. The Morgan fingerprint density at radius 1 is 1.25 bits per heavy atom. The molecule has 0 aromatic heterocycles. The highest BCUT2D eigenvalue weighted by Crippen LogP contribution is 2.32. The molecule has 0 radical (unpaired) electrons. The first-order chi connectivity index (χ1) is 9.63. The van der Waals surface area contributed by atoms with Gasteiger partial charge in [0.2, 0.25) is 0 Å². The Morgan fingerprint density at radius 3 is 2.75 bits per heavy atom. The Morgan fingerprint density at radius 2 is 2.05 bits per heavy atom. The van der Waals surface area contributed by atoms with Crippen LogP contribution >= 0.6 is 0 Å². The molecule has 2 atom stereocenters. The van der Waals surface area contributed by atoms with E-state index in [1.54, 1.807) is 0 Å². The zero-order chi connectivity index (χ0) is 14.5. The van der Waals surface area contributed by atoms with Crippen LogP contribution in [0, 0.1) is 11.8 Å². The van der Waals surface area contributed by atoms with E-state index in [0.29, 0.717) is 17.9 Å². The number of benzene rings is 1. The Labute approximate surface area is 123 Å². The molecule has 0 spiro atoms. The van der Waals surface area contributed by atoms with E-state index in [2.05, 4.69) is 51.2 Å². The lowest BCUT2D eigenvalue weighted by Gasteiger charge is -2.29. The van der Waals surface area contributed by atoms with Crippen molar-refractivity contribution in [3.8, 4) is 5.75 Å². The van der Waals surface area contributed by atoms with Gasteiger partial charge in [-0.1, -0.05) is 39.8 Å². The summed E-state index contributed by atoms with van der Waals surface area (Å²) in [6.45, 7) is 11.2. The van der Waals surface area contributed by atoms with Gasteiger partial charge in [0, 0.05) is 6.04 Å². The average molecular weight is 275 g/mol. The second-order valence-corrected chi connectivity index (χ2v) is 6.35. The molecule has 1 heterocycles. The second-order valence-electron chi connectivity index (χ2n) is 6.35. The van der Waals surface area contributed by atoms with Gasteiger partial charge in [-0.05, 0) is 54.8 Å². The number of nitrogens with one attached hydrogen (secondary N) is 1. The highest BCUT2D eigenvalue weighted by Gasteiger charge is 2.22. The molecule has 20 heavy (non-hydrogen) atoms. The molecule has 0 aliphatic carbocycles. The minimum Gasteiger partial charge on any atom is -0.493 e. The molecule has 1 aromatic rings. The van der Waals surface area contributed by atoms with E-state index < -0.39 is 0 Å². The fourth-order valence-corrected chi connectivity index (χ4v) is 2.87. The minimum atomic E-state index is 0.446. The molecule has 0 amide bonds. The molecule has 1 N–H and O–H groups in total. The van der Waals surface area contributed by atoms with Gasteiger partial charge in [0.25, 0.3) is 0 Å². The van der Waals surface area contributed by atoms with Gasteiger partial charge in [-0.15, -0.1) is 0 Å². The maximum atomic E-state index is 5.73. The van der Waals surface area contributed by atoms with Crippen molar-refractivity contribution < 1.29 is 4.74 Å². The van der Waals surface area contributed by atoms with Gasteiger partial charge >= 0.3 is 0 Å². The summed E-state index contributed by atoms with van der Waals surface area (Å²) in [4.78, 5) is 0. The van der Waals surface area contributed by atoms with Crippen LogP contribution < -0.4 is 10.1 Å². The van der Waals surface area contributed by atoms with Crippen molar-refractivity contribution in [2.45, 2.75) is 53.0 Å². The van der Waals surface area contributed by atoms with E-state index in [9.17, 15) is 0 Å². The lowest BCUT2D eigenvalue weighted by Crippen LogP contribution is -2.30. The zero-order valence-electron chi connectivity index (χ0n) is 13.4. The second kappa shape index (κ2) is 7.12. The van der Waals surface area contributed by atoms with Crippen molar-refractivity contribution in [3.63, 3.8) is 0 Å². The highest BCUT2D eigenvalue weighted by atomic mass is 16.5. The molecular formula is C18H29NO. The summed E-state index contributed by atoms with van der Waals surface area (Å²) in [5.74, 6) is 2.40. The van der Waals surface area contributed by atoms with Crippen molar-refractivity contribution in [2.24, 2.45) is 11.8 Å². The predicted molar refractivity (Wildman–Crippen MR) is 85.3 cm³/mol. The first-order valence-corrected chi connectivity index (χ1v) is 8.12. The number of aryl methyl sites for hydroxylation is 1. The van der Waals surface area contributed by atoms with Crippen molar-refractivity contribution in [3.05, 3.63) is 29.3 Å². The predicted octanol–water partition coefficient (Wildman–Crippen LogP) is 4.34. The summed E-state index contributed by atoms with van der Waals surface area (Å²) in [5, 5.41) is 3.73. The van der Waals surface area contributed by atoms with Gasteiger partial charge in [0.05, 0.1) is 6.61 Å². The largest absolute Gasteiger partial charge is 0.493 e. The van der Waals surface area contributed by atoms with Crippen LogP contribution in [0.1, 0.15) is 57.7 Å². The lowest BCUT2D eigenvalue weighted by molar-refractivity contribution is 0.285. The van der Waals surface area contributed by atoms with Gasteiger partial charge in [-0.25, -0.2) is 0 Å². The maximum Gasteiger partial charge on any atom is 0.122 e. The van der Waals surface area contributed by atoms with Gasteiger partial charge in [0.1, 0.15) is 5.75 Å². The molecule has 0 saturated heterocycles. The van der Waals surface area contributed by atoms with E-state index in [-0.39, 0.29) is 0 Å². The third-order valence-electron chi connectivity index (χ3n) is 4.48. The highest BCUT2D eigenvalue weighted by molar-refractivity contribution is 5.39. The summed E-state index contributed by atoms with van der Waals surface area (Å²) in [6.07, 6.45) is 3.47. The first kappa shape index (κ1) is 15.4. The topological polar surface area (TPSA) is 21.3 Å². The van der Waals surface area contributed by atoms with E-state index >= 15 is 0 Å². The van der Waals surface area contributed by atoms with E-state index in [1.165, 1.54) is 17.5 Å². The van der Waals surface area contributed by atoms with Crippen LogP contribution in [0.4, 0.5) is 0 Å². The molecule has 1 aliphatic heterocycles. The third kappa shape index (κ3) is 3.54. The monoisotopic (exact) mass is 275 g/mol. The maximum absolute atomic E-state index is 5.73. The number of rotatable bonds is 6. The van der Waals surface area contributed by atoms with Crippen molar-refractivity contribution in [2.75, 3.05) is 13.2 Å². The van der Waals surface area contributed by atoms with E-state index in [4.69, 9.17) is 4.74 Å². The minimum absolute atomic E-state index is 0.446. The summed E-state index contributed by atoms with van der Waals surface area (Å²) < 4.78 is 5.73. The van der Waals surface area contributed by atoms with Crippen LogP contribution in [0.15, 0.2) is 18.2 Å². The third-order valence-corrected chi connectivity index (χ3v) is 4.48. The van der Waals surface area contributed by atoms with Gasteiger partial charge in [0.15, 0.2) is 0 Å². The Kier molecular flexibility index (Phi) is 5.47. The van der Waals surface area contributed by atoms with Crippen molar-refractivity contribution in [1.29, 1.82) is 0 Å². The average Bonchev–Trinajstić information content (AvgIpc) is 2.47. The number of ether oxygens (including phenoxy) is 1. The zero-order valence-corrected chi connectivity index (χ0v) is 13.4. The van der Waals surface area contributed by atoms with Crippen LogP contribution in [-0.4, -0.2) is 13.2 Å². The number of fused-ring (bicyclic) bond motifs is 1. The van der Waals surface area contributed by atoms with Crippen molar-refractivity contribution in [1.82, 2.24) is 5.32 Å². The first-order valence-electron chi connectivity index (χ1n) is 8.12. The van der Waals surface area contributed by atoms with Crippen LogP contribution in [0.25, 0.3) is 0 Å². The van der Waals surface area contributed by atoms with Crippen LogP contribution in [0.5, 0.6) is 5.75 Å². The standard InChI is InChI=1S/C18H29NO/c1-5-10-19-18(14(4)13(2)3)16-8-9-17-15(12-16)7-6-11-20-17/h8-9,12-14,18-19H,5-7,10-11H2,1-4H3. The van der Waals surface area contributed by atoms with Crippen molar-refractivity contribution >= 4 is 0 Å². The molecule has 0 bridgehead atoms. The Bertz CT molecular complexity index is 427. The smallest absolute Gasteiger partial charge is 0.122 e. The van der Waals surface area contributed by atoms with Gasteiger partial charge in [-0.3, -0.25) is 0 Å². The lowest BCUT2D eigenvalue weighted by atomic mass is 9.85. The molecule has 2 rings (SSSR count). The van der Waals surface area contributed by atoms with Gasteiger partial charge < -0.3 is 10.1 Å². The molecule has 2 unspecified atom stereocenters. The number of hydrogen-bond acceptors (Lipinski definition) is 2. The fraction of sp³-hybridized carbons (Fsp3) is 0.667. The summed E-state index contributed by atoms with van der Waals surface area (Å²) in [6, 6.07) is 7.22. The van der Waals surface area contributed by atoms with Crippen LogP contribution in [0.3, 0.4) is 0 Å². The summed E-state index contributed by atoms with van der Waals surface area (Å²) >= 11 is 0. The molecular weight excluding hydrogens is 246 g/mol. The fourth-order valence-electron chi connectivity index (χ4n) is 2.87. The SMILES string of the molecule is CCCNC(c1ccc2c(c1)CCCO2)C(C)C(C)C. The van der Waals surface area contributed by atoms with Crippen LogP contribution in [0.2, 0.25) is 0 Å². The van der Waals surface area contributed by atoms with Gasteiger partial charge in [-0.2, -0.15) is 0 Å². The molecule has 2 nitrogen and oxygen atoms in total. The quantitative estimate of drug-likeness (QED) is 0.833. The normalized spacial score (nSPS) is 17.4. The van der Waals surface area contributed by atoms with E-state index in [0.717, 1.165) is 31.7 Å². The molecule has 0 saturated carbocycles. The number of hydrogen-bond donors (Lipinski definition) is 1. The molecule has 1 aromatic carbocycles. The Balaban J connectivity index is 2.23. The molecule has 0 fully saturated rings. The molecule has 2 heteroatoms. The molecule has 1 aliphatic rings. The Hall–Kier alpha value is -1.02. The summed E-state index contributed by atoms with van der Waals surface area (Å²) in [5.41, 5.74) is 2.80.